The molecule has 5 heteroatoms. The Kier molecular flexibility index (Phi) is 4.77. The van der Waals surface area contributed by atoms with Crippen molar-refractivity contribution in [3.05, 3.63) is 53.6 Å². The number of benzene rings is 1. The van der Waals surface area contributed by atoms with E-state index >= 15 is 0 Å². The molecule has 0 aliphatic heterocycles. The van der Waals surface area contributed by atoms with Gasteiger partial charge in [-0.25, -0.2) is 9.78 Å². The predicted molar refractivity (Wildman–Crippen MR) is 80.4 cm³/mol. The second-order valence-corrected chi connectivity index (χ2v) is 4.57. The smallest absolute Gasteiger partial charge is 0.328 e. The van der Waals surface area contributed by atoms with Crippen molar-refractivity contribution in [2.45, 2.75) is 19.9 Å². The summed E-state index contributed by atoms with van der Waals surface area (Å²) in [6.45, 7) is 2.70. The lowest BCUT2D eigenvalue weighted by Gasteiger charge is -2.12. The number of hydrogen-bond acceptors (Lipinski definition) is 3. The van der Waals surface area contributed by atoms with Gasteiger partial charge in [0.15, 0.2) is 0 Å². The van der Waals surface area contributed by atoms with Crippen molar-refractivity contribution in [2.24, 2.45) is 0 Å². The molecule has 0 fully saturated rings. The van der Waals surface area contributed by atoms with Crippen LogP contribution in [0.15, 0.2) is 36.7 Å². The minimum Gasteiger partial charge on any atom is -0.496 e. The van der Waals surface area contributed by atoms with Gasteiger partial charge >= 0.3 is 5.97 Å². The fraction of sp³-hybridized carbons (Fsp3) is 0.250. The van der Waals surface area contributed by atoms with E-state index in [4.69, 9.17) is 9.84 Å². The predicted octanol–water partition coefficient (Wildman–Crippen LogP) is 2.60. The van der Waals surface area contributed by atoms with Crippen LogP contribution in [0, 0.1) is 0 Å². The summed E-state index contributed by atoms with van der Waals surface area (Å²) in [5, 5.41) is 8.70. The highest BCUT2D eigenvalue weighted by Crippen LogP contribution is 2.22. The molecule has 0 aliphatic carbocycles. The third-order valence-corrected chi connectivity index (χ3v) is 3.18. The Balaban J connectivity index is 2.32. The summed E-state index contributed by atoms with van der Waals surface area (Å²) in [4.78, 5) is 14.9. The topological polar surface area (TPSA) is 64.4 Å². The average Bonchev–Trinajstić information content (AvgIpc) is 2.92. The van der Waals surface area contributed by atoms with Crippen LogP contribution in [0.4, 0.5) is 0 Å². The van der Waals surface area contributed by atoms with E-state index in [1.54, 1.807) is 19.4 Å². The molecule has 1 N–H and O–H groups in total. The quantitative estimate of drug-likeness (QED) is 0.829. The van der Waals surface area contributed by atoms with Gasteiger partial charge in [0.1, 0.15) is 11.6 Å². The molecule has 0 spiro atoms. The highest BCUT2D eigenvalue weighted by atomic mass is 16.5. The number of carbonyl (C=O) groups is 1. The van der Waals surface area contributed by atoms with Crippen molar-refractivity contribution in [1.82, 2.24) is 9.55 Å². The molecule has 21 heavy (non-hydrogen) atoms. The molecule has 0 saturated carbocycles. The summed E-state index contributed by atoms with van der Waals surface area (Å²) < 4.78 is 7.43. The second-order valence-electron chi connectivity index (χ2n) is 4.57. The molecule has 0 amide bonds. The van der Waals surface area contributed by atoms with Crippen LogP contribution in [0.2, 0.25) is 0 Å². The van der Waals surface area contributed by atoms with Crippen molar-refractivity contribution in [1.29, 1.82) is 0 Å². The number of carboxylic acids is 1. The molecule has 0 radical (unpaired) electrons. The molecule has 1 aromatic carbocycles. The van der Waals surface area contributed by atoms with Gasteiger partial charge in [-0.05, 0) is 23.8 Å². The first-order chi connectivity index (χ1) is 10.1. The van der Waals surface area contributed by atoms with Gasteiger partial charge in [-0.2, -0.15) is 0 Å². The van der Waals surface area contributed by atoms with E-state index in [0.717, 1.165) is 35.2 Å². The molecule has 2 aromatic rings. The van der Waals surface area contributed by atoms with Crippen LogP contribution in [-0.2, 0) is 17.8 Å². The number of aromatic nitrogens is 2. The van der Waals surface area contributed by atoms with Crippen LogP contribution >= 0.6 is 0 Å². The van der Waals surface area contributed by atoms with Crippen molar-refractivity contribution < 1.29 is 14.6 Å². The van der Waals surface area contributed by atoms with E-state index in [9.17, 15) is 4.79 Å². The van der Waals surface area contributed by atoms with Crippen LogP contribution in [0.3, 0.4) is 0 Å². The average molecular weight is 286 g/mol. The number of aryl methyl sites for hydroxylation is 1. The van der Waals surface area contributed by atoms with Gasteiger partial charge in [-0.15, -0.1) is 0 Å². The largest absolute Gasteiger partial charge is 0.496 e. The Bertz CT molecular complexity index is 659. The van der Waals surface area contributed by atoms with Crippen LogP contribution < -0.4 is 4.74 Å². The summed E-state index contributed by atoms with van der Waals surface area (Å²) >= 11 is 0. The number of imidazole rings is 1. The lowest BCUT2D eigenvalue weighted by Crippen LogP contribution is -2.05. The molecule has 110 valence electrons. The summed E-state index contributed by atoms with van der Waals surface area (Å²) in [5.74, 6) is 0.817. The first-order valence-electron chi connectivity index (χ1n) is 6.72. The molecule has 1 heterocycles. The van der Waals surface area contributed by atoms with Crippen molar-refractivity contribution in [2.75, 3.05) is 7.11 Å². The fourth-order valence-corrected chi connectivity index (χ4v) is 2.18. The van der Waals surface area contributed by atoms with Gasteiger partial charge in [-0.1, -0.05) is 13.0 Å². The Labute approximate surface area is 123 Å². The molecular weight excluding hydrogens is 268 g/mol. The maximum atomic E-state index is 10.6. The lowest BCUT2D eigenvalue weighted by molar-refractivity contribution is -0.131. The maximum absolute atomic E-state index is 10.6. The standard InChI is InChI=1S/C16H18N2O3/c1-3-15-17-8-9-18(15)11-13-10-12(5-7-16(19)20)4-6-14(13)21-2/h4-10H,3,11H2,1-2H3,(H,19,20). The molecule has 2 rings (SSSR count). The fourth-order valence-electron chi connectivity index (χ4n) is 2.18. The Morgan fingerprint density at radius 1 is 1.48 bits per heavy atom. The first-order valence-corrected chi connectivity index (χ1v) is 6.72. The Hall–Kier alpha value is -2.56. The maximum Gasteiger partial charge on any atom is 0.328 e. The zero-order valence-electron chi connectivity index (χ0n) is 12.1. The zero-order valence-corrected chi connectivity index (χ0v) is 12.1. The second kappa shape index (κ2) is 6.74. The number of nitrogens with zero attached hydrogens (tertiary/aromatic N) is 2. The van der Waals surface area contributed by atoms with E-state index in [0.29, 0.717) is 6.54 Å². The molecule has 0 atom stereocenters. The molecule has 1 aromatic heterocycles. The van der Waals surface area contributed by atoms with E-state index in [1.807, 2.05) is 24.4 Å². The summed E-state index contributed by atoms with van der Waals surface area (Å²) in [6, 6.07) is 5.60. The van der Waals surface area contributed by atoms with E-state index in [2.05, 4.69) is 16.5 Å². The third-order valence-electron chi connectivity index (χ3n) is 3.18. The highest BCUT2D eigenvalue weighted by Gasteiger charge is 2.07. The van der Waals surface area contributed by atoms with Crippen LogP contribution in [-0.4, -0.2) is 27.7 Å². The number of carboxylic acid groups (broad SMARTS) is 1. The number of rotatable bonds is 6. The number of hydrogen-bond donors (Lipinski definition) is 1. The van der Waals surface area contributed by atoms with E-state index in [-0.39, 0.29) is 0 Å². The number of aliphatic carboxylic acids is 1. The minimum atomic E-state index is -0.963. The van der Waals surface area contributed by atoms with Crippen molar-refractivity contribution >= 4 is 12.0 Å². The molecule has 0 bridgehead atoms. The van der Waals surface area contributed by atoms with Gasteiger partial charge in [0.2, 0.25) is 0 Å². The molecule has 5 nitrogen and oxygen atoms in total. The van der Waals surface area contributed by atoms with Crippen LogP contribution in [0.1, 0.15) is 23.9 Å². The van der Waals surface area contributed by atoms with Gasteiger partial charge in [0, 0.05) is 30.5 Å². The highest BCUT2D eigenvalue weighted by molar-refractivity contribution is 5.85. The zero-order chi connectivity index (χ0) is 15.2. The summed E-state index contributed by atoms with van der Waals surface area (Å²) in [6.07, 6.45) is 7.26. The number of methoxy groups -OCH3 is 1. The van der Waals surface area contributed by atoms with Gasteiger partial charge in [0.25, 0.3) is 0 Å². The molecule has 0 saturated heterocycles. The molecular formula is C16H18N2O3. The molecule has 0 aliphatic rings. The van der Waals surface area contributed by atoms with E-state index in [1.165, 1.54) is 0 Å². The van der Waals surface area contributed by atoms with Gasteiger partial charge in [0.05, 0.1) is 13.7 Å². The molecule has 0 unspecified atom stereocenters. The Morgan fingerprint density at radius 2 is 2.29 bits per heavy atom. The summed E-state index contributed by atoms with van der Waals surface area (Å²) in [7, 11) is 1.63. The van der Waals surface area contributed by atoms with Gasteiger partial charge in [-0.3, -0.25) is 0 Å². The normalized spacial score (nSPS) is 11.0. The first kappa shape index (κ1) is 14.8. The van der Waals surface area contributed by atoms with E-state index < -0.39 is 5.97 Å². The SMILES string of the molecule is CCc1nccn1Cc1cc(C=CC(=O)O)ccc1OC. The van der Waals surface area contributed by atoms with Gasteiger partial charge < -0.3 is 14.4 Å². The van der Waals surface area contributed by atoms with Crippen molar-refractivity contribution in [3.63, 3.8) is 0 Å². The lowest BCUT2D eigenvalue weighted by atomic mass is 10.1. The van der Waals surface area contributed by atoms with Crippen molar-refractivity contribution in [3.8, 4) is 5.75 Å². The monoisotopic (exact) mass is 286 g/mol. The third kappa shape index (κ3) is 3.72. The van der Waals surface area contributed by atoms with Crippen LogP contribution in [0.5, 0.6) is 5.75 Å². The van der Waals surface area contributed by atoms with Crippen LogP contribution in [0.25, 0.3) is 6.08 Å². The summed E-state index contributed by atoms with van der Waals surface area (Å²) in [5.41, 5.74) is 1.81. The number of ether oxygens (including phenoxy) is 1. The minimum absolute atomic E-state index is 0.640. The Morgan fingerprint density at radius 3 is 2.95 bits per heavy atom.